The minimum atomic E-state index is -4.72. The molecule has 4 N–H and O–H groups in total. The molecular weight excluding hydrogens is 792 g/mol. The molecule has 0 spiro atoms. The van der Waals surface area contributed by atoms with E-state index in [4.69, 9.17) is 23.2 Å². The Bertz CT molecular complexity index is 2270. The first-order valence-electron chi connectivity index (χ1n) is 19.4. The van der Waals surface area contributed by atoms with Crippen LogP contribution in [0.2, 0.25) is 10.0 Å². The molecule has 4 aromatic carbocycles. The van der Waals surface area contributed by atoms with Crippen LogP contribution in [0.5, 0.6) is 5.75 Å². The molecule has 0 atom stereocenters. The molecule has 0 amide bonds. The lowest BCUT2D eigenvalue weighted by molar-refractivity contribution is -0.274. The van der Waals surface area contributed by atoms with Crippen molar-refractivity contribution >= 4 is 56.4 Å². The van der Waals surface area contributed by atoms with Gasteiger partial charge in [0.05, 0.1) is 22.4 Å². The smallest absolute Gasteiger partial charge is 0.406 e. The zero-order valence-corrected chi connectivity index (χ0v) is 35.7. The van der Waals surface area contributed by atoms with Crippen LogP contribution in [0.3, 0.4) is 0 Å². The molecule has 0 aliphatic carbocycles. The summed E-state index contributed by atoms with van der Waals surface area (Å²) >= 11 is 12.3. The second-order valence-electron chi connectivity index (χ2n) is 16.3. The van der Waals surface area contributed by atoms with Gasteiger partial charge in [-0.1, -0.05) is 72.6 Å². The van der Waals surface area contributed by atoms with Crippen molar-refractivity contribution in [1.82, 2.24) is 20.6 Å². The molecule has 0 saturated carbocycles. The Morgan fingerprint density at radius 3 is 1.37 bits per heavy atom. The Balaban J connectivity index is 0.000000259. The lowest BCUT2D eigenvalue weighted by Crippen LogP contribution is -2.36. The van der Waals surface area contributed by atoms with Gasteiger partial charge in [-0.3, -0.25) is 9.97 Å². The minimum absolute atomic E-state index is 0. The van der Waals surface area contributed by atoms with Crippen molar-refractivity contribution in [3.05, 3.63) is 113 Å². The lowest BCUT2D eigenvalue weighted by Gasteiger charge is -2.21. The van der Waals surface area contributed by atoms with Crippen LogP contribution in [-0.4, -0.2) is 53.6 Å². The van der Waals surface area contributed by atoms with E-state index in [-0.39, 0.29) is 24.3 Å². The number of benzene rings is 4. The quantitative estimate of drug-likeness (QED) is 0.0862. The average molecular weight is 850 g/mol. The van der Waals surface area contributed by atoms with Gasteiger partial charge in [-0.05, 0) is 134 Å². The van der Waals surface area contributed by atoms with Crippen LogP contribution < -0.4 is 26.0 Å². The van der Waals surface area contributed by atoms with E-state index in [1.54, 1.807) is 30.5 Å². The lowest BCUT2D eigenvalue weighted by atomic mass is 10.0. The van der Waals surface area contributed by atoms with E-state index in [2.05, 4.69) is 115 Å². The first-order chi connectivity index (χ1) is 27.3. The van der Waals surface area contributed by atoms with Gasteiger partial charge >= 0.3 is 6.36 Å². The van der Waals surface area contributed by atoms with Gasteiger partial charge in [0, 0.05) is 68.5 Å². The zero-order valence-electron chi connectivity index (χ0n) is 34.2. The van der Waals surface area contributed by atoms with Crippen LogP contribution >= 0.6 is 23.2 Å². The zero-order chi connectivity index (χ0) is 42.1. The molecule has 0 aliphatic heterocycles. The highest BCUT2D eigenvalue weighted by molar-refractivity contribution is 6.31. The van der Waals surface area contributed by atoms with Gasteiger partial charge in [0.2, 0.25) is 0 Å². The number of anilines is 2. The molecule has 12 heteroatoms. The summed E-state index contributed by atoms with van der Waals surface area (Å²) in [4.78, 5) is 9.13. The molecule has 0 saturated heterocycles. The third kappa shape index (κ3) is 14.6. The number of nitrogens with zero attached hydrogens (tertiary/aromatic N) is 2. The Morgan fingerprint density at radius 1 is 0.576 bits per heavy atom. The number of alkyl halides is 3. The third-order valence-electron chi connectivity index (χ3n) is 9.05. The molecule has 59 heavy (non-hydrogen) atoms. The highest BCUT2D eigenvalue weighted by Gasteiger charge is 2.31. The number of pyridine rings is 2. The van der Waals surface area contributed by atoms with Crippen LogP contribution in [0.15, 0.2) is 97.3 Å². The molecular formula is C47H57Cl2F3N6O. The monoisotopic (exact) mass is 848 g/mol. The van der Waals surface area contributed by atoms with E-state index in [0.29, 0.717) is 16.6 Å². The van der Waals surface area contributed by atoms with Crippen molar-refractivity contribution in [2.75, 3.05) is 36.8 Å². The highest BCUT2D eigenvalue weighted by Crippen LogP contribution is 2.37. The highest BCUT2D eigenvalue weighted by atomic mass is 35.5. The van der Waals surface area contributed by atoms with Gasteiger partial charge in [-0.25, -0.2) is 0 Å². The van der Waals surface area contributed by atoms with Gasteiger partial charge in [0.25, 0.3) is 0 Å². The number of hydrogen-bond acceptors (Lipinski definition) is 7. The molecule has 0 aliphatic rings. The molecule has 0 unspecified atom stereocenters. The fourth-order valence-electron chi connectivity index (χ4n) is 6.25. The van der Waals surface area contributed by atoms with Crippen LogP contribution in [-0.2, 0) is 0 Å². The van der Waals surface area contributed by atoms with Gasteiger partial charge in [0.1, 0.15) is 5.75 Å². The largest absolute Gasteiger partial charge is 0.573 e. The second-order valence-corrected chi connectivity index (χ2v) is 17.1. The summed E-state index contributed by atoms with van der Waals surface area (Å²) in [5, 5.41) is 17.4. The van der Waals surface area contributed by atoms with Crippen LogP contribution in [0.25, 0.3) is 44.1 Å². The average Bonchev–Trinajstić information content (AvgIpc) is 3.14. The summed E-state index contributed by atoms with van der Waals surface area (Å²) in [5.74, 6) is -0.264. The Labute approximate surface area is 357 Å². The van der Waals surface area contributed by atoms with Gasteiger partial charge in [-0.15, -0.1) is 13.2 Å². The number of aryl methyl sites for hydroxylation is 1. The molecule has 6 aromatic rings. The first kappa shape index (κ1) is 47.1. The summed E-state index contributed by atoms with van der Waals surface area (Å²) in [7, 11) is 0. The Morgan fingerprint density at radius 2 is 0.983 bits per heavy atom. The summed E-state index contributed by atoms with van der Waals surface area (Å²) in [6, 6.07) is 25.7. The molecule has 2 aromatic heterocycles. The number of nitrogens with one attached hydrogen (secondary N) is 4. The summed E-state index contributed by atoms with van der Waals surface area (Å²) in [6.07, 6.45) is 0.862. The van der Waals surface area contributed by atoms with Crippen molar-refractivity contribution in [2.24, 2.45) is 0 Å². The maximum atomic E-state index is 12.5. The van der Waals surface area contributed by atoms with Crippen LogP contribution in [0, 0.1) is 6.92 Å². The van der Waals surface area contributed by atoms with Crippen molar-refractivity contribution < 1.29 is 17.9 Å². The maximum Gasteiger partial charge on any atom is 0.573 e. The molecule has 2 heterocycles. The minimum Gasteiger partial charge on any atom is -0.406 e. The predicted octanol–water partition coefficient (Wildman–Crippen LogP) is 13.3. The third-order valence-corrected chi connectivity index (χ3v) is 9.52. The van der Waals surface area contributed by atoms with E-state index < -0.39 is 6.36 Å². The van der Waals surface area contributed by atoms with Crippen molar-refractivity contribution in [3.8, 4) is 28.0 Å². The number of rotatable bonds is 13. The predicted molar refractivity (Wildman–Crippen MR) is 244 cm³/mol. The maximum absolute atomic E-state index is 12.5. The standard InChI is InChI=1S/C23H25ClF3N3O.C23H28ClN3.CH4/c1-22(2,3)30-12-4-11-28-21-18-10-7-16(24)13-20(18)29-14-19(21)15-5-8-17(9-6-15)31-23(25,26)27;1-16-6-8-17(9-7-16)20-15-26-21-14-18(24)10-11-19(21)22(20)25-12-5-13-27-23(2,3)4;/h5-10,13-14,30H,4,11-12H2,1-3H3,(H,28,29);6-11,14-15,27H,5,12-13H2,1-4H3,(H,25,26);1H4. The summed E-state index contributed by atoms with van der Waals surface area (Å²) in [5.41, 5.74) is 8.89. The first-order valence-corrected chi connectivity index (χ1v) is 20.2. The summed E-state index contributed by atoms with van der Waals surface area (Å²) in [6.45, 7) is 18.5. The second kappa shape index (κ2) is 20.6. The number of halogens is 5. The number of hydrogen-bond donors (Lipinski definition) is 4. The molecule has 316 valence electrons. The molecule has 0 fully saturated rings. The SMILES string of the molecule is C.CC(C)(C)NCCCNc1c(-c2ccc(OC(F)(F)F)cc2)cnc2cc(Cl)ccc12.Cc1ccc(-c2cnc3cc(Cl)ccc3c2NCCCNC(C)(C)C)cc1. The number of ether oxygens (including phenoxy) is 1. The molecule has 0 radical (unpaired) electrons. The molecule has 0 bridgehead atoms. The van der Waals surface area contributed by atoms with Crippen LogP contribution in [0.1, 0.15) is 67.4 Å². The number of aromatic nitrogens is 2. The fraction of sp³-hybridized carbons (Fsp3) is 0.362. The van der Waals surface area contributed by atoms with Crippen LogP contribution in [0.4, 0.5) is 24.5 Å². The van der Waals surface area contributed by atoms with E-state index in [1.165, 1.54) is 23.3 Å². The van der Waals surface area contributed by atoms with Gasteiger partial charge < -0.3 is 26.0 Å². The van der Waals surface area contributed by atoms with E-state index in [1.807, 2.05) is 24.4 Å². The topological polar surface area (TPSA) is 83.1 Å². The summed E-state index contributed by atoms with van der Waals surface area (Å²) < 4.78 is 41.3. The fourth-order valence-corrected chi connectivity index (χ4v) is 6.58. The van der Waals surface area contributed by atoms with Crippen molar-refractivity contribution in [2.45, 2.75) is 86.2 Å². The van der Waals surface area contributed by atoms with Gasteiger partial charge in [-0.2, -0.15) is 0 Å². The number of fused-ring (bicyclic) bond motifs is 2. The Hall–Kier alpha value is -4.61. The van der Waals surface area contributed by atoms with Crippen molar-refractivity contribution in [1.29, 1.82) is 0 Å². The van der Waals surface area contributed by atoms with E-state index >= 15 is 0 Å². The van der Waals surface area contributed by atoms with E-state index in [9.17, 15) is 13.2 Å². The van der Waals surface area contributed by atoms with E-state index in [0.717, 1.165) is 82.3 Å². The molecule has 6 rings (SSSR count). The molecule has 7 nitrogen and oxygen atoms in total. The normalized spacial score (nSPS) is 11.8. The van der Waals surface area contributed by atoms with Crippen molar-refractivity contribution in [3.63, 3.8) is 0 Å². The van der Waals surface area contributed by atoms with Gasteiger partial charge in [0.15, 0.2) is 0 Å². The Kier molecular flexibility index (Phi) is 16.4.